The van der Waals surface area contributed by atoms with Crippen LogP contribution < -0.4 is 10.1 Å². The number of aromatic nitrogens is 4. The molecule has 0 fully saturated rings. The number of carboxylic acid groups (broad SMARTS) is 2. The van der Waals surface area contributed by atoms with Gasteiger partial charge in [-0.3, -0.25) is 4.79 Å². The predicted octanol–water partition coefficient (Wildman–Crippen LogP) is 8.92. The van der Waals surface area contributed by atoms with Crippen LogP contribution in [0.5, 0.6) is 5.75 Å². The second kappa shape index (κ2) is 23.0. The lowest BCUT2D eigenvalue weighted by Gasteiger charge is -2.10. The first-order valence-electron chi connectivity index (χ1n) is 20.3. The first kappa shape index (κ1) is 43.6. The topological polar surface area (TPSA) is 181 Å². The number of aliphatic carboxylic acids is 2. The maximum Gasteiger partial charge on any atom is 0.348 e. The van der Waals surface area contributed by atoms with Gasteiger partial charge >= 0.3 is 11.9 Å². The number of ether oxygens (including phenoxy) is 1. The van der Waals surface area contributed by atoms with E-state index in [9.17, 15) is 19.5 Å². The third kappa shape index (κ3) is 13.6. The zero-order valence-corrected chi connectivity index (χ0v) is 33.8. The second-order valence-electron chi connectivity index (χ2n) is 14.3. The van der Waals surface area contributed by atoms with Gasteiger partial charge in [0, 0.05) is 55.2 Å². The third-order valence-corrected chi connectivity index (χ3v) is 9.85. The number of unbranched alkanes of at least 4 members (excludes halogenated alkanes) is 9. The van der Waals surface area contributed by atoms with Crippen molar-refractivity contribution in [1.82, 2.24) is 24.8 Å². The number of benzene rings is 3. The van der Waals surface area contributed by atoms with E-state index in [1.54, 1.807) is 43.0 Å². The Morgan fingerprint density at radius 2 is 1.47 bits per heavy atom. The van der Waals surface area contributed by atoms with E-state index in [-0.39, 0.29) is 12.3 Å². The Kier molecular flexibility index (Phi) is 17.0. The smallest absolute Gasteiger partial charge is 0.348 e. The SMILES string of the molecule is CCCCCCCCCCCCNC(=O)/C=C/c1ccc(-c2nc(-c3ccc(C4=NOC(C(=O)O)C4)cc3)n(C)c2-c2ccc(OCC(=O)O)cc2)cc1.c1c[nH]cn1. The van der Waals surface area contributed by atoms with E-state index >= 15 is 0 Å². The van der Waals surface area contributed by atoms with E-state index in [1.165, 1.54) is 51.4 Å². The van der Waals surface area contributed by atoms with Crippen LogP contribution in [0.15, 0.2) is 103 Å². The summed E-state index contributed by atoms with van der Waals surface area (Å²) in [7, 11) is 1.93. The Hall–Kier alpha value is -6.50. The minimum atomic E-state index is -1.05. The molecule has 310 valence electrons. The summed E-state index contributed by atoms with van der Waals surface area (Å²) in [5.74, 6) is -1.07. The molecule has 1 aliphatic heterocycles. The van der Waals surface area contributed by atoms with Gasteiger partial charge in [0.25, 0.3) is 0 Å². The number of H-pyrrole nitrogens is 1. The maximum absolute atomic E-state index is 12.5. The molecule has 0 saturated heterocycles. The van der Waals surface area contributed by atoms with E-state index in [2.05, 4.69) is 27.4 Å². The Bertz CT molecular complexity index is 2110. The van der Waals surface area contributed by atoms with Crippen molar-refractivity contribution in [2.24, 2.45) is 12.2 Å². The Balaban J connectivity index is 0.00000123. The fourth-order valence-corrected chi connectivity index (χ4v) is 6.66. The molecule has 0 bridgehead atoms. The lowest BCUT2D eigenvalue weighted by Crippen LogP contribution is -2.21. The molecular formula is C46H54N6O7. The molecule has 3 heterocycles. The average molecular weight is 803 g/mol. The largest absolute Gasteiger partial charge is 0.482 e. The monoisotopic (exact) mass is 802 g/mol. The fourth-order valence-electron chi connectivity index (χ4n) is 6.66. The van der Waals surface area contributed by atoms with Crippen molar-refractivity contribution in [1.29, 1.82) is 0 Å². The van der Waals surface area contributed by atoms with Gasteiger partial charge in [0.05, 0.1) is 23.4 Å². The molecule has 59 heavy (non-hydrogen) atoms. The zero-order valence-electron chi connectivity index (χ0n) is 33.8. The number of amides is 1. The van der Waals surface area contributed by atoms with Gasteiger partial charge in [-0.2, -0.15) is 0 Å². The summed E-state index contributed by atoms with van der Waals surface area (Å²) in [5, 5.41) is 25.2. The second-order valence-corrected chi connectivity index (χ2v) is 14.3. The summed E-state index contributed by atoms with van der Waals surface area (Å²) in [5.41, 5.74) is 6.36. The van der Waals surface area contributed by atoms with E-state index in [0.29, 0.717) is 23.8 Å². The Labute approximate surface area is 345 Å². The lowest BCUT2D eigenvalue weighted by molar-refractivity contribution is -0.148. The van der Waals surface area contributed by atoms with Crippen molar-refractivity contribution in [2.45, 2.75) is 83.7 Å². The molecular weight excluding hydrogens is 749 g/mol. The van der Waals surface area contributed by atoms with Crippen LogP contribution in [0.25, 0.3) is 40.0 Å². The van der Waals surface area contributed by atoms with Crippen molar-refractivity contribution in [3.8, 4) is 39.7 Å². The van der Waals surface area contributed by atoms with Crippen molar-refractivity contribution in [3.63, 3.8) is 0 Å². The van der Waals surface area contributed by atoms with Gasteiger partial charge in [0.15, 0.2) is 6.61 Å². The molecule has 0 aliphatic carbocycles. The van der Waals surface area contributed by atoms with Crippen LogP contribution in [0.2, 0.25) is 0 Å². The number of carbonyl (C=O) groups is 3. The number of oxime groups is 1. The lowest BCUT2D eigenvalue weighted by atomic mass is 10.0. The quantitative estimate of drug-likeness (QED) is 0.0416. The van der Waals surface area contributed by atoms with Gasteiger partial charge < -0.3 is 34.7 Å². The highest BCUT2D eigenvalue weighted by atomic mass is 16.7. The molecule has 1 amide bonds. The van der Waals surface area contributed by atoms with Crippen molar-refractivity contribution >= 4 is 29.6 Å². The van der Waals surface area contributed by atoms with Gasteiger partial charge in [0.1, 0.15) is 11.6 Å². The molecule has 13 heteroatoms. The zero-order chi connectivity index (χ0) is 41.8. The van der Waals surface area contributed by atoms with Crippen LogP contribution in [0.3, 0.4) is 0 Å². The summed E-state index contributed by atoms with van der Waals surface area (Å²) in [4.78, 5) is 51.4. The maximum atomic E-state index is 12.5. The molecule has 0 saturated carbocycles. The average Bonchev–Trinajstić information content (AvgIpc) is 4.06. The van der Waals surface area contributed by atoms with E-state index in [0.717, 1.165) is 52.0 Å². The molecule has 4 N–H and O–H groups in total. The van der Waals surface area contributed by atoms with Crippen LogP contribution in [0.4, 0.5) is 0 Å². The summed E-state index contributed by atoms with van der Waals surface area (Å²) in [6.45, 7) is 2.48. The molecule has 6 rings (SSSR count). The molecule has 1 aliphatic rings. The standard InChI is InChI=1S/C43H50N4O7.C3H4N2/c1-3-4-5-6-7-8-9-10-11-12-27-44-38(48)26-15-30-13-16-32(17-14-30)40-41(33-22-24-35(25-23-33)53-29-39(49)50)47(2)42(45-40)34-20-18-31(19-21-34)36-28-37(43(51)52)54-46-36;1-2-5-3-4-1/h13-26,37H,3-12,27-29H2,1-2H3,(H,44,48)(H,49,50)(H,51,52);1-3H,(H,4,5)/b26-15+;. The molecule has 3 aromatic carbocycles. The van der Waals surface area contributed by atoms with E-state index in [4.69, 9.17) is 19.7 Å². The highest BCUT2D eigenvalue weighted by Gasteiger charge is 2.28. The van der Waals surface area contributed by atoms with Gasteiger partial charge in [-0.05, 0) is 47.9 Å². The Morgan fingerprint density at radius 1 is 0.847 bits per heavy atom. The van der Waals surface area contributed by atoms with Crippen molar-refractivity contribution in [2.75, 3.05) is 13.2 Å². The minimum Gasteiger partial charge on any atom is -0.482 e. The highest BCUT2D eigenvalue weighted by molar-refractivity contribution is 6.03. The predicted molar refractivity (Wildman–Crippen MR) is 229 cm³/mol. The van der Waals surface area contributed by atoms with Crippen LogP contribution in [-0.2, 0) is 26.3 Å². The molecule has 5 aromatic rings. The first-order chi connectivity index (χ1) is 28.7. The number of aromatic amines is 1. The van der Waals surface area contributed by atoms with Gasteiger partial charge in [-0.25, -0.2) is 19.6 Å². The van der Waals surface area contributed by atoms with Gasteiger partial charge in [-0.15, -0.1) is 0 Å². The highest BCUT2D eigenvalue weighted by Crippen LogP contribution is 2.36. The molecule has 1 atom stereocenters. The molecule has 1 unspecified atom stereocenters. The number of hydrogen-bond acceptors (Lipinski definition) is 8. The van der Waals surface area contributed by atoms with Gasteiger partial charge in [-0.1, -0.05) is 118 Å². The number of imidazole rings is 2. The molecule has 0 spiro atoms. The van der Waals surface area contributed by atoms with Crippen LogP contribution >= 0.6 is 0 Å². The molecule has 2 aromatic heterocycles. The number of rotatable bonds is 21. The van der Waals surface area contributed by atoms with Crippen LogP contribution in [0.1, 0.15) is 88.7 Å². The first-order valence-corrected chi connectivity index (χ1v) is 20.3. The number of nitrogens with zero attached hydrogens (tertiary/aromatic N) is 4. The van der Waals surface area contributed by atoms with Gasteiger partial charge in [0.2, 0.25) is 12.0 Å². The van der Waals surface area contributed by atoms with Crippen molar-refractivity contribution < 1.29 is 34.2 Å². The minimum absolute atomic E-state index is 0.109. The number of hydrogen-bond donors (Lipinski definition) is 4. The summed E-state index contributed by atoms with van der Waals surface area (Å²) in [6, 6.07) is 22.6. The van der Waals surface area contributed by atoms with Crippen LogP contribution in [0, 0.1) is 0 Å². The fraction of sp³-hybridized carbons (Fsp3) is 0.348. The molecule has 0 radical (unpaired) electrons. The van der Waals surface area contributed by atoms with Crippen LogP contribution in [-0.4, -0.2) is 72.5 Å². The summed E-state index contributed by atoms with van der Waals surface area (Å²) in [6.07, 6.45) is 20.2. The number of carboxylic acids is 2. The number of nitrogens with one attached hydrogen (secondary N) is 2. The summed E-state index contributed by atoms with van der Waals surface area (Å²) >= 11 is 0. The third-order valence-electron chi connectivity index (χ3n) is 9.85. The van der Waals surface area contributed by atoms with E-state index < -0.39 is 24.6 Å². The van der Waals surface area contributed by atoms with E-state index in [1.807, 2.05) is 72.3 Å². The Morgan fingerprint density at radius 3 is 2.05 bits per heavy atom. The van der Waals surface area contributed by atoms with Crippen molar-refractivity contribution in [3.05, 3.63) is 109 Å². The number of carbonyl (C=O) groups excluding carboxylic acids is 1. The molecule has 13 nitrogen and oxygen atoms in total. The normalized spacial score (nSPS) is 13.3. The summed E-state index contributed by atoms with van der Waals surface area (Å²) < 4.78 is 7.35.